The lowest BCUT2D eigenvalue weighted by atomic mass is 10.0. The predicted octanol–water partition coefficient (Wildman–Crippen LogP) is 4.05. The first-order valence-corrected chi connectivity index (χ1v) is 8.94. The van der Waals surface area contributed by atoms with Crippen LogP contribution >= 0.6 is 0 Å². The fourth-order valence-electron chi connectivity index (χ4n) is 2.68. The molecule has 1 aromatic heterocycles. The Labute approximate surface area is 163 Å². The number of anilines is 1. The summed E-state index contributed by atoms with van der Waals surface area (Å²) < 4.78 is 15.9. The highest BCUT2D eigenvalue weighted by molar-refractivity contribution is 6.03. The van der Waals surface area contributed by atoms with Gasteiger partial charge in [-0.05, 0) is 29.2 Å². The van der Waals surface area contributed by atoms with Gasteiger partial charge in [0.05, 0.1) is 20.6 Å². The van der Waals surface area contributed by atoms with Gasteiger partial charge in [-0.15, -0.1) is 5.10 Å². The topological polar surface area (TPSA) is 86.5 Å². The van der Waals surface area contributed by atoms with Gasteiger partial charge in [0.2, 0.25) is 5.89 Å². The predicted molar refractivity (Wildman–Crippen MR) is 105 cm³/mol. The lowest BCUT2D eigenvalue weighted by Crippen LogP contribution is -2.12. The van der Waals surface area contributed by atoms with E-state index in [1.165, 1.54) is 19.8 Å². The van der Waals surface area contributed by atoms with E-state index in [2.05, 4.69) is 41.5 Å². The molecule has 0 radical (unpaired) electrons. The summed E-state index contributed by atoms with van der Waals surface area (Å²) in [5.41, 5.74) is 2.69. The Morgan fingerprint density at radius 1 is 1.04 bits per heavy atom. The molecule has 0 spiro atoms. The van der Waals surface area contributed by atoms with Crippen molar-refractivity contribution in [1.82, 2.24) is 10.2 Å². The van der Waals surface area contributed by atoms with Crippen LogP contribution in [0.15, 0.2) is 46.9 Å². The zero-order valence-corrected chi connectivity index (χ0v) is 16.4. The smallest absolute Gasteiger partial charge is 0.322 e. The number of aromatic nitrogens is 2. The lowest BCUT2D eigenvalue weighted by Gasteiger charge is -2.07. The van der Waals surface area contributed by atoms with Crippen LogP contribution in [0.1, 0.15) is 47.1 Å². The molecule has 3 rings (SSSR count). The zero-order chi connectivity index (χ0) is 20.1. The van der Waals surface area contributed by atoms with Crippen LogP contribution in [-0.4, -0.2) is 30.3 Å². The molecule has 0 aliphatic heterocycles. The summed E-state index contributed by atoms with van der Waals surface area (Å²) >= 11 is 0. The Morgan fingerprint density at radius 3 is 2.25 bits per heavy atom. The molecule has 0 aliphatic rings. The molecule has 0 bridgehead atoms. The number of carbonyl (C=O) groups is 1. The van der Waals surface area contributed by atoms with Crippen molar-refractivity contribution in [3.63, 3.8) is 0 Å². The van der Waals surface area contributed by atoms with Crippen molar-refractivity contribution < 1.29 is 18.7 Å². The standard InChI is InChI=1S/C21H23N3O4/c1-13(2)15-7-5-14(6-8-15)9-19-23-24-21(28-19)22-20(25)16-10-17(26-3)12-18(11-16)27-4/h5-8,10-13H,9H2,1-4H3,(H,22,24,25). The summed E-state index contributed by atoms with van der Waals surface area (Å²) in [7, 11) is 3.04. The highest BCUT2D eigenvalue weighted by atomic mass is 16.5. The lowest BCUT2D eigenvalue weighted by molar-refractivity contribution is 0.102. The van der Waals surface area contributed by atoms with Crippen molar-refractivity contribution in [2.75, 3.05) is 19.5 Å². The van der Waals surface area contributed by atoms with Crippen LogP contribution in [0.5, 0.6) is 11.5 Å². The number of rotatable bonds is 7. The van der Waals surface area contributed by atoms with Gasteiger partial charge >= 0.3 is 6.01 Å². The van der Waals surface area contributed by atoms with Gasteiger partial charge in [0.25, 0.3) is 5.91 Å². The molecule has 146 valence electrons. The Bertz CT molecular complexity index is 926. The SMILES string of the molecule is COc1cc(OC)cc(C(=O)Nc2nnc(Cc3ccc(C(C)C)cc3)o2)c1. The summed E-state index contributed by atoms with van der Waals surface area (Å²) in [6, 6.07) is 13.2. The van der Waals surface area contributed by atoms with Crippen LogP contribution in [0, 0.1) is 0 Å². The average molecular weight is 381 g/mol. The zero-order valence-electron chi connectivity index (χ0n) is 16.4. The molecule has 3 aromatic rings. The van der Waals surface area contributed by atoms with E-state index >= 15 is 0 Å². The molecule has 0 aliphatic carbocycles. The molecular formula is C21H23N3O4. The highest BCUT2D eigenvalue weighted by Crippen LogP contribution is 2.23. The van der Waals surface area contributed by atoms with Crippen LogP contribution in [0.4, 0.5) is 6.01 Å². The fourth-order valence-corrected chi connectivity index (χ4v) is 2.68. The first kappa shape index (κ1) is 19.4. The number of benzene rings is 2. The van der Waals surface area contributed by atoms with E-state index in [-0.39, 0.29) is 6.01 Å². The third kappa shape index (κ3) is 4.68. The number of hydrogen-bond donors (Lipinski definition) is 1. The molecule has 0 fully saturated rings. The van der Waals surface area contributed by atoms with E-state index in [0.717, 1.165) is 5.56 Å². The van der Waals surface area contributed by atoms with Crippen LogP contribution in [-0.2, 0) is 6.42 Å². The van der Waals surface area contributed by atoms with E-state index in [1.807, 2.05) is 12.1 Å². The third-order valence-electron chi connectivity index (χ3n) is 4.30. The average Bonchev–Trinajstić information content (AvgIpc) is 3.14. The van der Waals surface area contributed by atoms with Crippen molar-refractivity contribution in [3.8, 4) is 11.5 Å². The molecule has 1 heterocycles. The van der Waals surface area contributed by atoms with E-state index in [9.17, 15) is 4.79 Å². The number of ether oxygens (including phenoxy) is 2. The second kappa shape index (κ2) is 8.56. The number of methoxy groups -OCH3 is 2. The molecule has 1 N–H and O–H groups in total. The minimum absolute atomic E-state index is 0.0422. The molecule has 0 saturated heterocycles. The maximum absolute atomic E-state index is 12.5. The van der Waals surface area contributed by atoms with Crippen molar-refractivity contribution in [2.24, 2.45) is 0 Å². The van der Waals surface area contributed by atoms with Gasteiger partial charge in [0.15, 0.2) is 0 Å². The second-order valence-electron chi connectivity index (χ2n) is 6.63. The molecule has 0 saturated carbocycles. The first-order chi connectivity index (χ1) is 13.5. The minimum Gasteiger partial charge on any atom is -0.497 e. The van der Waals surface area contributed by atoms with Gasteiger partial charge in [-0.25, -0.2) is 0 Å². The third-order valence-corrected chi connectivity index (χ3v) is 4.30. The van der Waals surface area contributed by atoms with Gasteiger partial charge in [-0.3, -0.25) is 10.1 Å². The van der Waals surface area contributed by atoms with Gasteiger partial charge in [-0.1, -0.05) is 43.2 Å². The molecule has 2 aromatic carbocycles. The number of hydrogen-bond acceptors (Lipinski definition) is 6. The van der Waals surface area contributed by atoms with E-state index in [1.54, 1.807) is 18.2 Å². The van der Waals surface area contributed by atoms with E-state index < -0.39 is 5.91 Å². The Kier molecular flexibility index (Phi) is 5.93. The molecular weight excluding hydrogens is 358 g/mol. The summed E-state index contributed by atoms with van der Waals surface area (Å²) in [4.78, 5) is 12.5. The molecule has 7 nitrogen and oxygen atoms in total. The van der Waals surface area contributed by atoms with Gasteiger partial charge in [0, 0.05) is 11.6 Å². The molecule has 7 heteroatoms. The Balaban J connectivity index is 1.68. The van der Waals surface area contributed by atoms with Gasteiger partial charge in [0.1, 0.15) is 11.5 Å². The Morgan fingerprint density at radius 2 is 1.68 bits per heavy atom. The largest absolute Gasteiger partial charge is 0.497 e. The number of nitrogens with one attached hydrogen (secondary N) is 1. The summed E-state index contributed by atoms with van der Waals surface area (Å²) in [5.74, 6) is 1.54. The molecule has 0 unspecified atom stereocenters. The minimum atomic E-state index is -0.395. The van der Waals surface area contributed by atoms with Gasteiger partial charge in [-0.2, -0.15) is 0 Å². The van der Waals surface area contributed by atoms with Crippen molar-refractivity contribution in [1.29, 1.82) is 0 Å². The molecule has 1 amide bonds. The first-order valence-electron chi connectivity index (χ1n) is 8.94. The number of amides is 1. The summed E-state index contributed by atoms with van der Waals surface area (Å²) in [6.45, 7) is 4.31. The second-order valence-corrected chi connectivity index (χ2v) is 6.63. The molecule has 0 atom stereocenters. The van der Waals surface area contributed by atoms with Crippen LogP contribution in [0.25, 0.3) is 0 Å². The molecule has 28 heavy (non-hydrogen) atoms. The van der Waals surface area contributed by atoms with Crippen LogP contribution in [0.2, 0.25) is 0 Å². The van der Waals surface area contributed by atoms with Crippen LogP contribution < -0.4 is 14.8 Å². The van der Waals surface area contributed by atoms with E-state index in [4.69, 9.17) is 13.9 Å². The number of nitrogens with zero attached hydrogens (tertiary/aromatic N) is 2. The van der Waals surface area contributed by atoms with Crippen molar-refractivity contribution in [2.45, 2.75) is 26.2 Å². The normalized spacial score (nSPS) is 10.8. The van der Waals surface area contributed by atoms with Crippen molar-refractivity contribution in [3.05, 3.63) is 65.0 Å². The highest BCUT2D eigenvalue weighted by Gasteiger charge is 2.14. The van der Waals surface area contributed by atoms with Gasteiger partial charge < -0.3 is 13.9 Å². The summed E-state index contributed by atoms with van der Waals surface area (Å²) in [5, 5.41) is 10.5. The monoisotopic (exact) mass is 381 g/mol. The maximum atomic E-state index is 12.5. The van der Waals surface area contributed by atoms with Crippen LogP contribution in [0.3, 0.4) is 0 Å². The van der Waals surface area contributed by atoms with E-state index in [0.29, 0.717) is 35.3 Å². The fraction of sp³-hybridized carbons (Fsp3) is 0.286. The van der Waals surface area contributed by atoms with Crippen molar-refractivity contribution >= 4 is 11.9 Å². The number of carbonyl (C=O) groups excluding carboxylic acids is 1. The maximum Gasteiger partial charge on any atom is 0.322 e. The summed E-state index contributed by atoms with van der Waals surface area (Å²) in [6.07, 6.45) is 0.494. The quantitative estimate of drug-likeness (QED) is 0.664. The Hall–Kier alpha value is -3.35.